The molecule has 1 unspecified atom stereocenters. The maximum atomic E-state index is 13.2. The average molecular weight is 214 g/mol. The van der Waals surface area contributed by atoms with Gasteiger partial charge in [-0.3, -0.25) is 4.79 Å². The molecule has 82 valence electrons. The molecule has 1 aromatic carbocycles. The number of benzene rings is 1. The number of halogens is 2. The normalized spacial score (nSPS) is 12.9. The van der Waals surface area contributed by atoms with Crippen LogP contribution in [0.5, 0.6) is 0 Å². The number of aliphatic hydroxyl groups is 1. The summed E-state index contributed by atoms with van der Waals surface area (Å²) in [5.74, 6) is -3.18. The van der Waals surface area contributed by atoms with Crippen molar-refractivity contribution in [1.82, 2.24) is 0 Å². The molecule has 1 rings (SSSR count). The van der Waals surface area contributed by atoms with Gasteiger partial charge in [0.1, 0.15) is 17.7 Å². The van der Waals surface area contributed by atoms with E-state index in [1.807, 2.05) is 0 Å². The Balaban J connectivity index is 3.11. The second kappa shape index (κ2) is 4.49. The zero-order valence-electron chi connectivity index (χ0n) is 8.50. The lowest BCUT2D eigenvalue weighted by Crippen LogP contribution is -2.27. The van der Waals surface area contributed by atoms with E-state index in [0.29, 0.717) is 0 Å². The van der Waals surface area contributed by atoms with E-state index in [0.717, 1.165) is 12.1 Å². The summed E-state index contributed by atoms with van der Waals surface area (Å²) in [7, 11) is 0. The highest BCUT2D eigenvalue weighted by Crippen LogP contribution is 2.17. The Bertz CT molecular complexity index is 355. The minimum Gasteiger partial charge on any atom is -0.385 e. The van der Waals surface area contributed by atoms with Crippen LogP contribution in [0, 0.1) is 17.6 Å². The molecule has 1 aromatic rings. The number of Topliss-reactive ketones (excluding diaryl/α,β-unsaturated/α-hetero) is 1. The van der Waals surface area contributed by atoms with Crippen LogP contribution in [0.2, 0.25) is 0 Å². The van der Waals surface area contributed by atoms with Crippen LogP contribution in [0.1, 0.15) is 24.2 Å². The third-order valence-corrected chi connectivity index (χ3v) is 2.11. The molecular formula is C11H12F2O2. The number of rotatable bonds is 3. The maximum Gasteiger partial charge on any atom is 0.197 e. The highest BCUT2D eigenvalue weighted by atomic mass is 19.1. The van der Waals surface area contributed by atoms with Crippen LogP contribution >= 0.6 is 0 Å². The summed E-state index contributed by atoms with van der Waals surface area (Å²) < 4.78 is 26.3. The Morgan fingerprint density at radius 1 is 1.27 bits per heavy atom. The van der Waals surface area contributed by atoms with Gasteiger partial charge in [0.2, 0.25) is 0 Å². The fraction of sp³-hybridized carbons (Fsp3) is 0.364. The van der Waals surface area contributed by atoms with Crippen molar-refractivity contribution in [2.45, 2.75) is 20.0 Å². The molecule has 0 heterocycles. The number of carbonyl (C=O) groups excluding carboxylic acids is 1. The Labute approximate surface area is 86.5 Å². The Morgan fingerprint density at radius 2 is 1.73 bits per heavy atom. The largest absolute Gasteiger partial charge is 0.385 e. The molecular weight excluding hydrogens is 202 g/mol. The second-order valence-corrected chi connectivity index (χ2v) is 3.65. The molecule has 0 aliphatic heterocycles. The fourth-order valence-electron chi connectivity index (χ4n) is 1.18. The molecule has 0 radical (unpaired) electrons. The van der Waals surface area contributed by atoms with Gasteiger partial charge in [-0.2, -0.15) is 0 Å². The minimum absolute atomic E-state index is 0.378. The van der Waals surface area contributed by atoms with Crippen molar-refractivity contribution in [1.29, 1.82) is 0 Å². The Morgan fingerprint density at radius 3 is 2.13 bits per heavy atom. The van der Waals surface area contributed by atoms with Crippen molar-refractivity contribution in [2.24, 2.45) is 5.92 Å². The van der Waals surface area contributed by atoms with E-state index in [1.165, 1.54) is 6.07 Å². The van der Waals surface area contributed by atoms with Crippen molar-refractivity contribution in [2.75, 3.05) is 0 Å². The first-order valence-electron chi connectivity index (χ1n) is 4.61. The van der Waals surface area contributed by atoms with Gasteiger partial charge in [-0.1, -0.05) is 19.9 Å². The number of aliphatic hydroxyl groups excluding tert-OH is 1. The quantitative estimate of drug-likeness (QED) is 0.783. The zero-order valence-corrected chi connectivity index (χ0v) is 8.50. The van der Waals surface area contributed by atoms with Gasteiger partial charge in [-0.25, -0.2) is 8.78 Å². The molecule has 0 aliphatic carbocycles. The smallest absolute Gasteiger partial charge is 0.197 e. The molecule has 0 saturated carbocycles. The van der Waals surface area contributed by atoms with Gasteiger partial charge in [0.15, 0.2) is 5.78 Å². The summed E-state index contributed by atoms with van der Waals surface area (Å²) >= 11 is 0. The number of carbonyl (C=O) groups is 1. The first kappa shape index (κ1) is 11.8. The van der Waals surface area contributed by atoms with Crippen LogP contribution in [-0.2, 0) is 0 Å². The second-order valence-electron chi connectivity index (χ2n) is 3.65. The average Bonchev–Trinajstić information content (AvgIpc) is 2.15. The van der Waals surface area contributed by atoms with Crippen LogP contribution < -0.4 is 0 Å². The van der Waals surface area contributed by atoms with Crippen molar-refractivity contribution in [3.05, 3.63) is 35.4 Å². The fourth-order valence-corrected chi connectivity index (χ4v) is 1.18. The van der Waals surface area contributed by atoms with E-state index in [4.69, 9.17) is 0 Å². The number of hydrogen-bond acceptors (Lipinski definition) is 2. The van der Waals surface area contributed by atoms with Gasteiger partial charge < -0.3 is 5.11 Å². The van der Waals surface area contributed by atoms with Crippen LogP contribution in [0.3, 0.4) is 0 Å². The van der Waals surface area contributed by atoms with Crippen LogP contribution in [-0.4, -0.2) is 17.0 Å². The third kappa shape index (κ3) is 2.39. The van der Waals surface area contributed by atoms with E-state index in [9.17, 15) is 18.7 Å². The lowest BCUT2D eigenvalue weighted by molar-refractivity contribution is 0.0638. The van der Waals surface area contributed by atoms with Crippen LogP contribution in [0.25, 0.3) is 0 Å². The summed E-state index contributed by atoms with van der Waals surface area (Å²) in [6.07, 6.45) is -1.38. The molecule has 15 heavy (non-hydrogen) atoms. The molecule has 0 amide bonds. The van der Waals surface area contributed by atoms with E-state index in [1.54, 1.807) is 13.8 Å². The molecule has 0 aliphatic rings. The van der Waals surface area contributed by atoms with Gasteiger partial charge in [0, 0.05) is 0 Å². The molecule has 1 atom stereocenters. The van der Waals surface area contributed by atoms with E-state index < -0.39 is 29.1 Å². The summed E-state index contributed by atoms with van der Waals surface area (Å²) in [6, 6.07) is 3.15. The highest BCUT2D eigenvalue weighted by molar-refractivity contribution is 5.99. The Kier molecular flexibility index (Phi) is 3.52. The standard InChI is InChI=1S/C11H12F2O2/c1-6(2)10(14)11(15)9-7(12)4-3-5-8(9)13/h3-6,10,14H,1-2H3. The molecule has 1 N–H and O–H groups in total. The van der Waals surface area contributed by atoms with Gasteiger partial charge in [0.05, 0.1) is 5.56 Å². The van der Waals surface area contributed by atoms with E-state index in [2.05, 4.69) is 0 Å². The minimum atomic E-state index is -1.38. The zero-order chi connectivity index (χ0) is 11.6. The van der Waals surface area contributed by atoms with E-state index in [-0.39, 0.29) is 5.92 Å². The molecule has 0 fully saturated rings. The van der Waals surface area contributed by atoms with Crippen molar-refractivity contribution >= 4 is 5.78 Å². The van der Waals surface area contributed by atoms with Gasteiger partial charge >= 0.3 is 0 Å². The van der Waals surface area contributed by atoms with Crippen molar-refractivity contribution in [3.63, 3.8) is 0 Å². The summed E-state index contributed by atoms with van der Waals surface area (Å²) in [5.41, 5.74) is -0.668. The highest BCUT2D eigenvalue weighted by Gasteiger charge is 2.25. The topological polar surface area (TPSA) is 37.3 Å². The summed E-state index contributed by atoms with van der Waals surface area (Å²) in [5, 5.41) is 9.41. The lowest BCUT2D eigenvalue weighted by Gasteiger charge is -2.13. The predicted octanol–water partition coefficient (Wildman–Crippen LogP) is 2.16. The summed E-state index contributed by atoms with van der Waals surface area (Å²) in [4.78, 5) is 11.5. The molecule has 0 bridgehead atoms. The maximum absolute atomic E-state index is 13.2. The first-order chi connectivity index (χ1) is 6.95. The Hall–Kier alpha value is -1.29. The van der Waals surface area contributed by atoms with Gasteiger partial charge in [0.25, 0.3) is 0 Å². The molecule has 0 spiro atoms. The number of ketones is 1. The first-order valence-corrected chi connectivity index (χ1v) is 4.61. The lowest BCUT2D eigenvalue weighted by atomic mass is 9.97. The van der Waals surface area contributed by atoms with Gasteiger partial charge in [-0.05, 0) is 18.1 Å². The molecule has 4 heteroatoms. The number of hydrogen-bond donors (Lipinski definition) is 1. The predicted molar refractivity (Wildman–Crippen MR) is 51.5 cm³/mol. The third-order valence-electron chi connectivity index (χ3n) is 2.11. The summed E-state index contributed by atoms with van der Waals surface area (Å²) in [6.45, 7) is 3.20. The van der Waals surface area contributed by atoms with Crippen LogP contribution in [0.4, 0.5) is 8.78 Å². The van der Waals surface area contributed by atoms with Crippen LogP contribution in [0.15, 0.2) is 18.2 Å². The van der Waals surface area contributed by atoms with E-state index >= 15 is 0 Å². The molecule has 2 nitrogen and oxygen atoms in total. The SMILES string of the molecule is CC(C)C(O)C(=O)c1c(F)cccc1F. The van der Waals surface area contributed by atoms with Crippen molar-refractivity contribution in [3.8, 4) is 0 Å². The van der Waals surface area contributed by atoms with Gasteiger partial charge in [-0.15, -0.1) is 0 Å². The van der Waals surface area contributed by atoms with Crippen molar-refractivity contribution < 1.29 is 18.7 Å². The molecule has 0 aromatic heterocycles. The molecule has 0 saturated heterocycles. The monoisotopic (exact) mass is 214 g/mol.